The van der Waals surface area contributed by atoms with Gasteiger partial charge in [0.1, 0.15) is 6.61 Å². The molecule has 0 radical (unpaired) electrons. The van der Waals surface area contributed by atoms with Crippen LogP contribution in [0.2, 0.25) is 0 Å². The minimum atomic E-state index is -4.09. The molecule has 1 N–H and O–H groups in total. The van der Waals surface area contributed by atoms with Gasteiger partial charge in [0.2, 0.25) is 11.8 Å². The Hall–Kier alpha value is -3.46. The van der Waals surface area contributed by atoms with E-state index in [0.717, 1.165) is 60.8 Å². The molecule has 1 fully saturated rings. The van der Waals surface area contributed by atoms with Crippen molar-refractivity contribution in [2.75, 3.05) is 11.3 Å². The molecule has 1 aliphatic heterocycles. The fourth-order valence-corrected chi connectivity index (χ4v) is 7.20. The lowest BCUT2D eigenvalue weighted by Crippen LogP contribution is -2.51. The third-order valence-corrected chi connectivity index (χ3v) is 9.51. The van der Waals surface area contributed by atoms with Crippen LogP contribution in [0.15, 0.2) is 47.4 Å². The molecular formula is C32H40N4O4S. The van der Waals surface area contributed by atoms with Crippen LogP contribution in [0.3, 0.4) is 0 Å². The number of anilines is 1. The monoisotopic (exact) mass is 576 g/mol. The van der Waals surface area contributed by atoms with E-state index in [1.54, 1.807) is 12.1 Å². The number of carbonyl (C=O) groups excluding carboxylic acids is 1. The van der Waals surface area contributed by atoms with E-state index in [4.69, 9.17) is 9.72 Å². The number of benzene rings is 2. The van der Waals surface area contributed by atoms with Gasteiger partial charge in [-0.2, -0.15) is 4.98 Å². The van der Waals surface area contributed by atoms with Gasteiger partial charge in [0.05, 0.1) is 16.6 Å². The predicted molar refractivity (Wildman–Crippen MR) is 161 cm³/mol. The molecule has 3 aromatic rings. The van der Waals surface area contributed by atoms with Gasteiger partial charge < -0.3 is 9.64 Å². The second-order valence-electron chi connectivity index (χ2n) is 11.8. The zero-order chi connectivity index (χ0) is 29.3. The lowest BCUT2D eigenvalue weighted by molar-refractivity contribution is 0.0373. The van der Waals surface area contributed by atoms with Crippen molar-refractivity contribution in [3.05, 3.63) is 64.7 Å². The first kappa shape index (κ1) is 29.0. The van der Waals surface area contributed by atoms with Gasteiger partial charge in [-0.05, 0) is 75.3 Å². The SMILES string of the molecule is Cc1cccc(C)c1-c1nc2nc(c1C)OC[C@@H](CC(C)C)N(C1CCCCC1)C(=O)c1cccc(c1)S(=O)(=O)N2. The molecule has 1 aromatic heterocycles. The van der Waals surface area contributed by atoms with Crippen LogP contribution >= 0.6 is 0 Å². The highest BCUT2D eigenvalue weighted by molar-refractivity contribution is 7.92. The summed E-state index contributed by atoms with van der Waals surface area (Å²) in [6.45, 7) is 10.5. The summed E-state index contributed by atoms with van der Waals surface area (Å²) >= 11 is 0. The number of hydrogen-bond donors (Lipinski definition) is 1. The maximum absolute atomic E-state index is 14.2. The second kappa shape index (κ2) is 11.8. The van der Waals surface area contributed by atoms with E-state index in [-0.39, 0.29) is 35.4 Å². The topological polar surface area (TPSA) is 101 Å². The highest BCUT2D eigenvalue weighted by atomic mass is 32.2. The third kappa shape index (κ3) is 6.10. The largest absolute Gasteiger partial charge is 0.475 e. The fourth-order valence-electron chi connectivity index (χ4n) is 6.21. The number of aryl methyl sites for hydroxylation is 2. The Labute approximate surface area is 243 Å². The Kier molecular flexibility index (Phi) is 8.36. The van der Waals surface area contributed by atoms with Crippen LogP contribution in [-0.2, 0) is 10.0 Å². The molecule has 0 unspecified atom stereocenters. The number of nitrogens with one attached hydrogen (secondary N) is 1. The van der Waals surface area contributed by atoms with Crippen LogP contribution in [0.1, 0.15) is 79.4 Å². The molecule has 8 nitrogen and oxygen atoms in total. The van der Waals surface area contributed by atoms with E-state index in [0.29, 0.717) is 23.1 Å². The van der Waals surface area contributed by atoms with Gasteiger partial charge in [0.15, 0.2) is 0 Å². The third-order valence-electron chi connectivity index (χ3n) is 8.19. The molecule has 1 amide bonds. The van der Waals surface area contributed by atoms with Gasteiger partial charge in [0.25, 0.3) is 15.9 Å². The highest BCUT2D eigenvalue weighted by Crippen LogP contribution is 2.35. The number of fused-ring (bicyclic) bond motifs is 4. The zero-order valence-corrected chi connectivity index (χ0v) is 25.4. The van der Waals surface area contributed by atoms with Gasteiger partial charge in [-0.25, -0.2) is 18.1 Å². The number of amides is 1. The van der Waals surface area contributed by atoms with Crippen LogP contribution < -0.4 is 9.46 Å². The normalized spacial score (nSPS) is 19.5. The summed E-state index contributed by atoms with van der Waals surface area (Å²) in [5.74, 6) is 0.404. The Bertz CT molecular complexity index is 1530. The quantitative estimate of drug-likeness (QED) is 0.383. The molecule has 4 bridgehead atoms. The average Bonchev–Trinajstić information content (AvgIpc) is 2.93. The van der Waals surface area contributed by atoms with Crippen molar-refractivity contribution < 1.29 is 17.9 Å². The molecule has 1 atom stereocenters. The summed E-state index contributed by atoms with van der Waals surface area (Å²) in [5.41, 5.74) is 4.65. The maximum Gasteiger partial charge on any atom is 0.264 e. The summed E-state index contributed by atoms with van der Waals surface area (Å²) in [6.07, 6.45) is 5.89. The molecule has 0 spiro atoms. The number of aromatic nitrogens is 2. The minimum absolute atomic E-state index is 0.00753. The van der Waals surface area contributed by atoms with Gasteiger partial charge in [-0.3, -0.25) is 4.79 Å². The van der Waals surface area contributed by atoms with E-state index in [1.165, 1.54) is 12.1 Å². The Balaban J connectivity index is 1.70. The van der Waals surface area contributed by atoms with Crippen molar-refractivity contribution in [2.24, 2.45) is 5.92 Å². The lowest BCUT2D eigenvalue weighted by Gasteiger charge is -2.40. The van der Waals surface area contributed by atoms with E-state index >= 15 is 0 Å². The molecule has 41 heavy (non-hydrogen) atoms. The summed E-state index contributed by atoms with van der Waals surface area (Å²) in [6, 6.07) is 12.1. The van der Waals surface area contributed by atoms with Crippen LogP contribution in [0, 0.1) is 26.7 Å². The first-order chi connectivity index (χ1) is 19.5. The van der Waals surface area contributed by atoms with E-state index in [2.05, 4.69) is 23.6 Å². The Morgan fingerprint density at radius 3 is 2.37 bits per heavy atom. The summed E-state index contributed by atoms with van der Waals surface area (Å²) < 4.78 is 36.2. The van der Waals surface area contributed by atoms with Gasteiger partial charge in [-0.1, -0.05) is 57.4 Å². The molecule has 0 saturated heterocycles. The summed E-state index contributed by atoms with van der Waals surface area (Å²) in [4.78, 5) is 25.4. The van der Waals surface area contributed by atoms with E-state index < -0.39 is 10.0 Å². The van der Waals surface area contributed by atoms with Crippen molar-refractivity contribution in [1.29, 1.82) is 0 Å². The molecule has 2 aromatic carbocycles. The number of ether oxygens (including phenoxy) is 1. The smallest absolute Gasteiger partial charge is 0.264 e. The lowest BCUT2D eigenvalue weighted by atomic mass is 9.91. The second-order valence-corrected chi connectivity index (χ2v) is 13.5. The number of nitrogens with zero attached hydrogens (tertiary/aromatic N) is 3. The van der Waals surface area contributed by atoms with E-state index in [9.17, 15) is 13.2 Å². The number of carbonyl (C=O) groups is 1. The Morgan fingerprint density at radius 1 is 1.00 bits per heavy atom. The molecular weight excluding hydrogens is 536 g/mol. The van der Waals surface area contributed by atoms with Crippen molar-refractivity contribution >= 4 is 21.9 Å². The fraction of sp³-hybridized carbons (Fsp3) is 0.469. The first-order valence-corrected chi connectivity index (χ1v) is 16.1. The molecule has 218 valence electrons. The zero-order valence-electron chi connectivity index (χ0n) is 24.6. The molecule has 5 rings (SSSR count). The first-order valence-electron chi connectivity index (χ1n) is 14.6. The number of sulfonamides is 1. The maximum atomic E-state index is 14.2. The van der Waals surface area contributed by atoms with Crippen molar-refractivity contribution in [3.8, 4) is 17.1 Å². The van der Waals surface area contributed by atoms with Crippen molar-refractivity contribution in [2.45, 2.75) is 90.1 Å². The van der Waals surface area contributed by atoms with E-state index in [1.807, 2.05) is 43.9 Å². The van der Waals surface area contributed by atoms with Crippen LogP contribution in [-0.4, -0.2) is 47.9 Å². The van der Waals surface area contributed by atoms with Crippen molar-refractivity contribution in [1.82, 2.24) is 14.9 Å². The Morgan fingerprint density at radius 2 is 1.68 bits per heavy atom. The molecule has 2 aliphatic rings. The van der Waals surface area contributed by atoms with Crippen LogP contribution in [0.25, 0.3) is 11.3 Å². The number of hydrogen-bond acceptors (Lipinski definition) is 6. The van der Waals surface area contributed by atoms with Crippen LogP contribution in [0.5, 0.6) is 5.88 Å². The average molecular weight is 577 g/mol. The minimum Gasteiger partial charge on any atom is -0.475 e. The van der Waals surface area contributed by atoms with Gasteiger partial charge >= 0.3 is 0 Å². The molecule has 1 aliphatic carbocycles. The molecule has 2 heterocycles. The molecule has 9 heteroatoms. The molecule has 1 saturated carbocycles. The predicted octanol–water partition coefficient (Wildman–Crippen LogP) is 6.45. The van der Waals surface area contributed by atoms with Gasteiger partial charge in [0, 0.05) is 22.7 Å². The standard InChI is InChI=1S/C32H40N4O4S/c1-20(2)17-26-19-40-30-23(5)29(28-21(3)11-9-12-22(28)4)33-32(34-30)35-41(38,39)27-16-10-13-24(18-27)31(37)36(26)25-14-7-6-8-15-25/h9-13,16,18,20,25-26H,6-8,14-15,17,19H2,1-5H3,(H,33,34,35)/t26-/m1/s1. The van der Waals surface area contributed by atoms with Crippen LogP contribution in [0.4, 0.5) is 5.95 Å². The summed E-state index contributed by atoms with van der Waals surface area (Å²) in [7, 11) is -4.09. The summed E-state index contributed by atoms with van der Waals surface area (Å²) in [5, 5.41) is 0. The highest BCUT2D eigenvalue weighted by Gasteiger charge is 2.34. The number of rotatable bonds is 4. The van der Waals surface area contributed by atoms with Gasteiger partial charge in [-0.15, -0.1) is 0 Å². The van der Waals surface area contributed by atoms with Crippen molar-refractivity contribution in [3.63, 3.8) is 0 Å².